The van der Waals surface area contributed by atoms with E-state index in [0.717, 1.165) is 11.3 Å². The van der Waals surface area contributed by atoms with Crippen LogP contribution < -0.4 is 5.32 Å². The summed E-state index contributed by atoms with van der Waals surface area (Å²) >= 11 is 0. The molecule has 3 aromatic rings. The zero-order valence-corrected chi connectivity index (χ0v) is 16.2. The number of nitrogens with zero attached hydrogens (tertiary/aromatic N) is 4. The molecule has 0 saturated carbocycles. The Morgan fingerprint density at radius 1 is 1.14 bits per heavy atom. The minimum Gasteiger partial charge on any atom is -0.324 e. The smallest absolute Gasteiger partial charge is 0.238 e. The number of hydrogen-bond donors (Lipinski definition) is 1. The first-order chi connectivity index (χ1) is 13.5. The fraction of sp³-hybridized carbons (Fsp3) is 0.238. The number of carbonyl (C=O) groups excluding carboxylic acids is 2. The lowest BCUT2D eigenvalue weighted by molar-refractivity contribution is -0.117. The number of rotatable bonds is 7. The quantitative estimate of drug-likeness (QED) is 0.640. The van der Waals surface area contributed by atoms with Crippen molar-refractivity contribution in [1.29, 1.82) is 0 Å². The van der Waals surface area contributed by atoms with Gasteiger partial charge in [-0.1, -0.05) is 24.3 Å². The zero-order valence-electron chi connectivity index (χ0n) is 16.2. The standard InChI is InChI=1S/C21H23N5O2/c1-15(17-8-10-18(11-9-17)26-14-22-13-23-26)25(3)12-21(28)24-20-7-5-4-6-19(20)16(2)27/h4-11,13-15H,12H2,1-3H3,(H,24,28). The Kier molecular flexibility index (Phi) is 5.96. The molecule has 0 spiro atoms. The van der Waals surface area contributed by atoms with Crippen LogP contribution in [0.1, 0.15) is 35.8 Å². The van der Waals surface area contributed by atoms with Crippen molar-refractivity contribution < 1.29 is 9.59 Å². The summed E-state index contributed by atoms with van der Waals surface area (Å²) < 4.78 is 1.69. The number of carbonyl (C=O) groups is 2. The third kappa shape index (κ3) is 4.50. The van der Waals surface area contributed by atoms with Crippen LogP contribution in [0.15, 0.2) is 61.2 Å². The molecule has 1 unspecified atom stereocenters. The van der Waals surface area contributed by atoms with Gasteiger partial charge >= 0.3 is 0 Å². The van der Waals surface area contributed by atoms with Gasteiger partial charge in [0.25, 0.3) is 0 Å². The SMILES string of the molecule is CC(=O)c1ccccc1NC(=O)CN(C)C(C)c1ccc(-n2cncn2)cc1. The normalized spacial score (nSPS) is 12.0. The molecule has 1 N–H and O–H groups in total. The largest absolute Gasteiger partial charge is 0.324 e. The molecular formula is C21H23N5O2. The summed E-state index contributed by atoms with van der Waals surface area (Å²) in [7, 11) is 1.90. The molecule has 144 valence electrons. The molecule has 2 aromatic carbocycles. The summed E-state index contributed by atoms with van der Waals surface area (Å²) in [5, 5.41) is 6.95. The number of nitrogens with one attached hydrogen (secondary N) is 1. The van der Waals surface area contributed by atoms with Crippen molar-refractivity contribution in [3.05, 3.63) is 72.3 Å². The van der Waals surface area contributed by atoms with Gasteiger partial charge in [0.1, 0.15) is 12.7 Å². The molecule has 7 heteroatoms. The van der Waals surface area contributed by atoms with Gasteiger partial charge in [-0.25, -0.2) is 9.67 Å². The number of hydrogen-bond acceptors (Lipinski definition) is 5. The predicted octanol–water partition coefficient (Wildman–Crippen LogP) is 3.10. The number of aromatic nitrogens is 3. The van der Waals surface area contributed by atoms with E-state index >= 15 is 0 Å². The van der Waals surface area contributed by atoms with Crippen LogP contribution in [0, 0.1) is 0 Å². The highest BCUT2D eigenvalue weighted by Gasteiger charge is 2.16. The van der Waals surface area contributed by atoms with Crippen molar-refractivity contribution in [2.45, 2.75) is 19.9 Å². The molecule has 1 heterocycles. The molecule has 0 saturated heterocycles. The fourth-order valence-corrected chi connectivity index (χ4v) is 2.95. The summed E-state index contributed by atoms with van der Waals surface area (Å²) in [4.78, 5) is 30.1. The van der Waals surface area contributed by atoms with Crippen LogP contribution >= 0.6 is 0 Å². The Morgan fingerprint density at radius 3 is 2.50 bits per heavy atom. The zero-order chi connectivity index (χ0) is 20.1. The van der Waals surface area contributed by atoms with Crippen molar-refractivity contribution in [2.24, 2.45) is 0 Å². The molecule has 3 rings (SSSR count). The van der Waals surface area contributed by atoms with Crippen LogP contribution in [0.2, 0.25) is 0 Å². The highest BCUT2D eigenvalue weighted by molar-refractivity contribution is 6.04. The second-order valence-corrected chi connectivity index (χ2v) is 6.67. The number of likely N-dealkylation sites (N-methyl/N-ethyl adjacent to an activating group) is 1. The first-order valence-corrected chi connectivity index (χ1v) is 9.00. The molecule has 1 atom stereocenters. The van der Waals surface area contributed by atoms with Crippen LogP contribution in [0.4, 0.5) is 5.69 Å². The first-order valence-electron chi connectivity index (χ1n) is 9.00. The van der Waals surface area contributed by atoms with E-state index in [1.165, 1.54) is 13.3 Å². The van der Waals surface area contributed by atoms with Crippen molar-refractivity contribution in [3.8, 4) is 5.69 Å². The average Bonchev–Trinajstić information content (AvgIpc) is 3.22. The Morgan fingerprint density at radius 2 is 1.86 bits per heavy atom. The minimum absolute atomic E-state index is 0.0404. The molecule has 7 nitrogen and oxygen atoms in total. The summed E-state index contributed by atoms with van der Waals surface area (Å²) in [6, 6.07) is 15.0. The fourth-order valence-electron chi connectivity index (χ4n) is 2.95. The van der Waals surface area contributed by atoms with Crippen molar-refractivity contribution >= 4 is 17.4 Å². The second-order valence-electron chi connectivity index (χ2n) is 6.67. The van der Waals surface area contributed by atoms with Gasteiger partial charge in [0, 0.05) is 11.6 Å². The van der Waals surface area contributed by atoms with E-state index in [0.29, 0.717) is 11.3 Å². The third-order valence-electron chi connectivity index (χ3n) is 4.69. The highest BCUT2D eigenvalue weighted by atomic mass is 16.2. The maximum Gasteiger partial charge on any atom is 0.238 e. The number of Topliss-reactive ketones (excluding diaryl/α,β-unsaturated/α-hetero) is 1. The number of para-hydroxylation sites is 1. The van der Waals surface area contributed by atoms with E-state index in [4.69, 9.17) is 0 Å². The van der Waals surface area contributed by atoms with E-state index < -0.39 is 0 Å². The van der Waals surface area contributed by atoms with Crippen molar-refractivity contribution in [3.63, 3.8) is 0 Å². The van der Waals surface area contributed by atoms with Crippen LogP contribution in [-0.2, 0) is 4.79 Å². The third-order valence-corrected chi connectivity index (χ3v) is 4.69. The summed E-state index contributed by atoms with van der Waals surface area (Å²) in [5.41, 5.74) is 3.06. The average molecular weight is 377 g/mol. The second kappa shape index (κ2) is 8.58. The van der Waals surface area contributed by atoms with E-state index in [-0.39, 0.29) is 24.3 Å². The maximum absolute atomic E-state index is 12.5. The monoisotopic (exact) mass is 377 g/mol. The van der Waals surface area contributed by atoms with Gasteiger partial charge in [-0.2, -0.15) is 5.10 Å². The van der Waals surface area contributed by atoms with Crippen LogP contribution in [-0.4, -0.2) is 44.9 Å². The minimum atomic E-state index is -0.165. The van der Waals surface area contributed by atoms with E-state index in [1.54, 1.807) is 35.3 Å². The van der Waals surface area contributed by atoms with Gasteiger partial charge in [0.15, 0.2) is 5.78 Å². The van der Waals surface area contributed by atoms with Gasteiger partial charge in [0.05, 0.1) is 17.9 Å². The van der Waals surface area contributed by atoms with Crippen molar-refractivity contribution in [2.75, 3.05) is 18.9 Å². The van der Waals surface area contributed by atoms with E-state index in [1.807, 2.05) is 43.1 Å². The molecule has 0 aliphatic carbocycles. The van der Waals surface area contributed by atoms with Gasteiger partial charge < -0.3 is 5.32 Å². The summed E-state index contributed by atoms with van der Waals surface area (Å²) in [5.74, 6) is -0.243. The van der Waals surface area contributed by atoms with Gasteiger partial charge in [-0.05, 0) is 50.7 Å². The molecule has 28 heavy (non-hydrogen) atoms. The van der Waals surface area contributed by atoms with Gasteiger partial charge in [-0.3, -0.25) is 14.5 Å². The van der Waals surface area contributed by atoms with Gasteiger partial charge in [-0.15, -0.1) is 0 Å². The Balaban J connectivity index is 1.63. The van der Waals surface area contributed by atoms with Crippen LogP contribution in [0.3, 0.4) is 0 Å². The molecular weight excluding hydrogens is 354 g/mol. The molecule has 0 bridgehead atoms. The first kappa shape index (κ1) is 19.4. The number of amides is 1. The van der Waals surface area contributed by atoms with Gasteiger partial charge in [0.2, 0.25) is 5.91 Å². The molecule has 1 amide bonds. The Bertz CT molecular complexity index is 951. The maximum atomic E-state index is 12.5. The van der Waals surface area contributed by atoms with Crippen LogP contribution in [0.25, 0.3) is 5.69 Å². The topological polar surface area (TPSA) is 80.1 Å². The van der Waals surface area contributed by atoms with E-state index in [2.05, 4.69) is 15.4 Å². The predicted molar refractivity (Wildman–Crippen MR) is 107 cm³/mol. The molecule has 0 aliphatic rings. The summed E-state index contributed by atoms with van der Waals surface area (Å²) in [6.07, 6.45) is 3.14. The number of anilines is 1. The van der Waals surface area contributed by atoms with Crippen molar-refractivity contribution in [1.82, 2.24) is 19.7 Å². The number of benzene rings is 2. The molecule has 0 aliphatic heterocycles. The lowest BCUT2D eigenvalue weighted by atomic mass is 10.1. The molecule has 0 fully saturated rings. The Labute approximate surface area is 164 Å². The molecule has 1 aromatic heterocycles. The lowest BCUT2D eigenvalue weighted by Gasteiger charge is -2.25. The molecule has 0 radical (unpaired) electrons. The van der Waals surface area contributed by atoms with Crippen LogP contribution in [0.5, 0.6) is 0 Å². The Hall–Kier alpha value is -3.32. The number of ketones is 1. The highest BCUT2D eigenvalue weighted by Crippen LogP contribution is 2.21. The summed E-state index contributed by atoms with van der Waals surface area (Å²) in [6.45, 7) is 3.74. The van der Waals surface area contributed by atoms with E-state index in [9.17, 15) is 9.59 Å². The lowest BCUT2D eigenvalue weighted by Crippen LogP contribution is -2.32.